The number of carbonyl (C=O) groups is 2. The molecule has 0 aromatic heterocycles. The van der Waals surface area contributed by atoms with Crippen LogP contribution in [0, 0.1) is 0 Å². The number of piperazine rings is 1. The lowest BCUT2D eigenvalue weighted by Gasteiger charge is -2.38. The molecular formula is C10H20N4O4. The number of hydrogen-bond acceptors (Lipinski definition) is 5. The maximum atomic E-state index is 11.1. The molecule has 1 rings (SSSR count). The molecule has 1 atom stereocenters. The van der Waals surface area contributed by atoms with Crippen LogP contribution in [0.15, 0.2) is 0 Å². The second-order valence-electron chi connectivity index (χ2n) is 4.40. The highest BCUT2D eigenvalue weighted by Gasteiger charge is 2.25. The van der Waals surface area contributed by atoms with Crippen molar-refractivity contribution in [2.24, 2.45) is 5.73 Å². The molecule has 0 spiro atoms. The van der Waals surface area contributed by atoms with E-state index in [1.54, 1.807) is 5.01 Å². The number of nitrogens with zero attached hydrogens (tertiary/aromatic N) is 3. The van der Waals surface area contributed by atoms with Crippen LogP contribution >= 0.6 is 0 Å². The third kappa shape index (κ3) is 4.13. The minimum atomic E-state index is -1.11. The van der Waals surface area contributed by atoms with Gasteiger partial charge in [-0.25, -0.2) is 14.8 Å². The van der Waals surface area contributed by atoms with Crippen LogP contribution in [0.1, 0.15) is 6.42 Å². The molecule has 0 bridgehead atoms. The van der Waals surface area contributed by atoms with Crippen molar-refractivity contribution in [2.75, 3.05) is 39.8 Å². The van der Waals surface area contributed by atoms with Crippen molar-refractivity contribution in [3.63, 3.8) is 0 Å². The van der Waals surface area contributed by atoms with Gasteiger partial charge in [-0.15, -0.1) is 0 Å². The quantitative estimate of drug-likeness (QED) is 0.577. The van der Waals surface area contributed by atoms with Crippen molar-refractivity contribution in [1.82, 2.24) is 14.9 Å². The van der Waals surface area contributed by atoms with Gasteiger partial charge < -0.3 is 20.8 Å². The summed E-state index contributed by atoms with van der Waals surface area (Å²) in [6.07, 6.45) is -0.967. The first-order valence-corrected chi connectivity index (χ1v) is 5.84. The molecule has 0 aromatic carbocycles. The molecule has 8 nitrogen and oxygen atoms in total. The van der Waals surface area contributed by atoms with Gasteiger partial charge in [0.2, 0.25) is 0 Å². The second-order valence-corrected chi connectivity index (χ2v) is 4.40. The summed E-state index contributed by atoms with van der Waals surface area (Å²) in [7, 11) is 1.97. The molecule has 1 heterocycles. The summed E-state index contributed by atoms with van der Waals surface area (Å²) in [5.74, 6) is -1.11. The summed E-state index contributed by atoms with van der Waals surface area (Å²) in [4.78, 5) is 23.8. The number of aliphatic carboxylic acids is 1. The van der Waals surface area contributed by atoms with Crippen molar-refractivity contribution in [3.8, 4) is 0 Å². The topological polar surface area (TPSA) is 110 Å². The third-order valence-electron chi connectivity index (χ3n) is 3.01. The van der Waals surface area contributed by atoms with E-state index in [1.807, 2.05) is 7.05 Å². The van der Waals surface area contributed by atoms with E-state index in [0.29, 0.717) is 13.1 Å². The van der Waals surface area contributed by atoms with Crippen molar-refractivity contribution in [1.29, 1.82) is 0 Å². The number of amides is 1. The molecule has 18 heavy (non-hydrogen) atoms. The van der Waals surface area contributed by atoms with Crippen LogP contribution in [0.4, 0.5) is 4.79 Å². The smallest absolute Gasteiger partial charge is 0.421 e. The van der Waals surface area contributed by atoms with Crippen LogP contribution in [0.2, 0.25) is 0 Å². The summed E-state index contributed by atoms with van der Waals surface area (Å²) < 4.78 is 0. The van der Waals surface area contributed by atoms with Gasteiger partial charge in [-0.3, -0.25) is 4.79 Å². The highest BCUT2D eigenvalue weighted by molar-refractivity contribution is 5.73. The van der Waals surface area contributed by atoms with Gasteiger partial charge in [0.1, 0.15) is 6.04 Å². The number of carboxylic acids is 1. The van der Waals surface area contributed by atoms with Crippen LogP contribution < -0.4 is 5.73 Å². The van der Waals surface area contributed by atoms with Crippen molar-refractivity contribution in [3.05, 3.63) is 0 Å². The monoisotopic (exact) mass is 260 g/mol. The van der Waals surface area contributed by atoms with Crippen LogP contribution in [0.3, 0.4) is 0 Å². The molecular weight excluding hydrogens is 240 g/mol. The second kappa shape index (κ2) is 6.53. The molecule has 4 N–H and O–H groups in total. The molecule has 0 aliphatic carbocycles. The van der Waals surface area contributed by atoms with E-state index in [2.05, 4.69) is 4.90 Å². The predicted octanol–water partition coefficient (Wildman–Crippen LogP) is -1.07. The molecule has 0 radical (unpaired) electrons. The van der Waals surface area contributed by atoms with Gasteiger partial charge in [0.05, 0.1) is 0 Å². The van der Waals surface area contributed by atoms with Gasteiger partial charge in [0, 0.05) is 32.7 Å². The molecule has 104 valence electrons. The Morgan fingerprint density at radius 3 is 2.28 bits per heavy atom. The van der Waals surface area contributed by atoms with Gasteiger partial charge in [-0.1, -0.05) is 0 Å². The Morgan fingerprint density at radius 1 is 1.28 bits per heavy atom. The maximum absolute atomic E-state index is 11.1. The van der Waals surface area contributed by atoms with Crippen molar-refractivity contribution >= 4 is 12.1 Å². The highest BCUT2D eigenvalue weighted by Crippen LogP contribution is 2.06. The average Bonchev–Trinajstić information content (AvgIpc) is 2.30. The lowest BCUT2D eigenvalue weighted by molar-refractivity contribution is -0.139. The first-order valence-electron chi connectivity index (χ1n) is 5.84. The first kappa shape index (κ1) is 14.7. The number of carboxylic acid groups (broad SMARTS) is 2. The molecule has 1 unspecified atom stereocenters. The lowest BCUT2D eigenvalue weighted by atomic mass is 10.2. The number of rotatable bonds is 5. The normalized spacial score (nSPS) is 19.4. The molecule has 8 heteroatoms. The van der Waals surface area contributed by atoms with Crippen LogP contribution in [-0.2, 0) is 4.79 Å². The van der Waals surface area contributed by atoms with Crippen LogP contribution in [-0.4, -0.2) is 83.0 Å². The van der Waals surface area contributed by atoms with Gasteiger partial charge in [-0.2, -0.15) is 0 Å². The standard InChI is InChI=1S/C10H20N4O4/c1-12-4-6-13(7-5-12)14(10(17)18)3-2-8(11)9(15)16/h8H,2-7,11H2,1H3,(H,15,16)(H,17,18). The zero-order chi connectivity index (χ0) is 13.7. The van der Waals surface area contributed by atoms with E-state index in [1.165, 1.54) is 0 Å². The van der Waals surface area contributed by atoms with Gasteiger partial charge >= 0.3 is 12.1 Å². The van der Waals surface area contributed by atoms with Crippen LogP contribution in [0.25, 0.3) is 0 Å². The van der Waals surface area contributed by atoms with Crippen LogP contribution in [0.5, 0.6) is 0 Å². The summed E-state index contributed by atoms with van der Waals surface area (Å²) in [5, 5.41) is 20.7. The minimum absolute atomic E-state index is 0.104. The van der Waals surface area contributed by atoms with Gasteiger partial charge in [0.15, 0.2) is 0 Å². The molecule has 0 saturated carbocycles. The molecule has 1 fully saturated rings. The summed E-state index contributed by atoms with van der Waals surface area (Å²) in [6.45, 7) is 2.91. The fraction of sp³-hybridized carbons (Fsp3) is 0.800. The Balaban J connectivity index is 2.50. The van der Waals surface area contributed by atoms with E-state index < -0.39 is 18.1 Å². The molecule has 1 aliphatic rings. The van der Waals surface area contributed by atoms with Gasteiger partial charge in [0.25, 0.3) is 0 Å². The number of hydrazine groups is 1. The largest absolute Gasteiger partial charge is 0.480 e. The number of hydrogen-bond donors (Lipinski definition) is 3. The van der Waals surface area contributed by atoms with E-state index >= 15 is 0 Å². The Kier molecular flexibility index (Phi) is 5.32. The van der Waals surface area contributed by atoms with Crippen molar-refractivity contribution in [2.45, 2.75) is 12.5 Å². The zero-order valence-electron chi connectivity index (χ0n) is 10.4. The highest BCUT2D eigenvalue weighted by atomic mass is 16.4. The predicted molar refractivity (Wildman–Crippen MR) is 64.0 cm³/mol. The maximum Gasteiger partial charge on any atom is 0.421 e. The third-order valence-corrected chi connectivity index (χ3v) is 3.01. The molecule has 0 aromatic rings. The fourth-order valence-electron chi connectivity index (χ4n) is 1.78. The number of likely N-dealkylation sites (N-methyl/N-ethyl adjacent to an activating group) is 1. The molecule has 1 saturated heterocycles. The van der Waals surface area contributed by atoms with E-state index in [4.69, 9.17) is 15.9 Å². The minimum Gasteiger partial charge on any atom is -0.480 e. The summed E-state index contributed by atoms with van der Waals surface area (Å²) in [6, 6.07) is -1.03. The summed E-state index contributed by atoms with van der Waals surface area (Å²) >= 11 is 0. The Bertz CT molecular complexity index is 304. The fourth-order valence-corrected chi connectivity index (χ4v) is 1.78. The Morgan fingerprint density at radius 2 is 1.83 bits per heavy atom. The zero-order valence-corrected chi connectivity index (χ0v) is 10.4. The average molecular weight is 260 g/mol. The Hall–Kier alpha value is -1.38. The van der Waals surface area contributed by atoms with E-state index in [9.17, 15) is 9.59 Å². The van der Waals surface area contributed by atoms with Crippen molar-refractivity contribution < 1.29 is 19.8 Å². The molecule has 1 aliphatic heterocycles. The van der Waals surface area contributed by atoms with E-state index in [-0.39, 0.29) is 13.0 Å². The SMILES string of the molecule is CN1CCN(N(CCC(N)C(=O)O)C(=O)O)CC1. The Labute approximate surface area is 106 Å². The molecule has 1 amide bonds. The summed E-state index contributed by atoms with van der Waals surface area (Å²) in [5.41, 5.74) is 5.37. The number of nitrogens with two attached hydrogens (primary N) is 1. The van der Waals surface area contributed by atoms with Gasteiger partial charge in [-0.05, 0) is 13.5 Å². The van der Waals surface area contributed by atoms with E-state index in [0.717, 1.165) is 18.1 Å². The first-order chi connectivity index (χ1) is 8.41. The lowest BCUT2D eigenvalue weighted by Crippen LogP contribution is -2.55.